The van der Waals surface area contributed by atoms with E-state index in [1.54, 1.807) is 21.5 Å². The Morgan fingerprint density at radius 1 is 1.32 bits per heavy atom. The van der Waals surface area contributed by atoms with Gasteiger partial charge >= 0.3 is 0 Å². The van der Waals surface area contributed by atoms with Crippen LogP contribution >= 0.6 is 12.4 Å². The lowest BCUT2D eigenvalue weighted by atomic mass is 10.0. The summed E-state index contributed by atoms with van der Waals surface area (Å²) in [5.74, 6) is -0.0706. The molecule has 0 aliphatic carbocycles. The molecular formula is C24H25ClF2N8O2. The number of halogens is 3. The van der Waals surface area contributed by atoms with Crippen LogP contribution in [0.25, 0.3) is 16.8 Å². The van der Waals surface area contributed by atoms with Gasteiger partial charge in [-0.3, -0.25) is 4.98 Å². The standard InChI is InChI=1S/C24H24F2N8O2.ClH/c1-14-23(31-32-34(14)20-5-6-28-11-18(20)26)15-7-21(24-16(8-27)9-30-33(24)12-15)36-13-22(35-2)19-4-3-17(25)10-29-19;/h3-4,7,9-10,12,18,20,22,28H,5-6,11,13H2,1-2H3;1H/t18-,20+,22?;/m0./s1. The van der Waals surface area contributed by atoms with E-state index in [2.05, 4.69) is 31.8 Å². The molecule has 0 amide bonds. The summed E-state index contributed by atoms with van der Waals surface area (Å²) in [6.45, 7) is 2.88. The molecule has 4 aromatic rings. The molecule has 0 bridgehead atoms. The van der Waals surface area contributed by atoms with Crippen LogP contribution in [0.2, 0.25) is 0 Å². The van der Waals surface area contributed by atoms with Crippen molar-refractivity contribution >= 4 is 17.9 Å². The highest BCUT2D eigenvalue weighted by molar-refractivity contribution is 5.85. The van der Waals surface area contributed by atoms with E-state index in [1.165, 1.54) is 25.4 Å². The number of hydrogen-bond donors (Lipinski definition) is 1. The minimum atomic E-state index is -1.07. The Morgan fingerprint density at radius 3 is 2.86 bits per heavy atom. The molecule has 4 aromatic heterocycles. The fraction of sp³-hybridized carbons (Fsp3) is 0.375. The second-order valence-electron chi connectivity index (χ2n) is 8.54. The Kier molecular flexibility index (Phi) is 7.97. The lowest BCUT2D eigenvalue weighted by Gasteiger charge is -2.27. The SMILES string of the molecule is COC(COc1cc(-c2nnn([C@@H]3CCNC[C@@H]3F)c2C)cn2ncc(C#N)c12)c1ccc(F)cn1.Cl. The average Bonchev–Trinajstić information content (AvgIpc) is 3.48. The smallest absolute Gasteiger partial charge is 0.147 e. The van der Waals surface area contributed by atoms with Crippen LogP contribution in [0.4, 0.5) is 8.78 Å². The molecule has 1 saturated heterocycles. The fourth-order valence-electron chi connectivity index (χ4n) is 4.43. The number of alkyl halides is 1. The Labute approximate surface area is 217 Å². The van der Waals surface area contributed by atoms with Crippen molar-refractivity contribution in [2.75, 3.05) is 26.8 Å². The number of rotatable bonds is 7. The molecule has 37 heavy (non-hydrogen) atoms. The van der Waals surface area contributed by atoms with Gasteiger partial charge in [-0.05, 0) is 38.1 Å². The summed E-state index contributed by atoms with van der Waals surface area (Å²) in [6.07, 6.45) is 3.26. The summed E-state index contributed by atoms with van der Waals surface area (Å²) in [6, 6.07) is 6.30. The van der Waals surface area contributed by atoms with E-state index in [-0.39, 0.29) is 25.6 Å². The molecule has 194 valence electrons. The summed E-state index contributed by atoms with van der Waals surface area (Å²) < 4.78 is 42.6. The third kappa shape index (κ3) is 5.11. The first-order valence-electron chi connectivity index (χ1n) is 11.5. The lowest BCUT2D eigenvalue weighted by molar-refractivity contribution is 0.0549. The molecular weight excluding hydrogens is 506 g/mol. The minimum absolute atomic E-state index is 0. The first kappa shape index (κ1) is 26.4. The third-order valence-electron chi connectivity index (χ3n) is 6.34. The Hall–Kier alpha value is -3.66. The molecule has 13 heteroatoms. The molecule has 3 atom stereocenters. The summed E-state index contributed by atoms with van der Waals surface area (Å²) in [5.41, 5.74) is 3.24. The number of aromatic nitrogens is 6. The van der Waals surface area contributed by atoms with Gasteiger partial charge in [0.25, 0.3) is 0 Å². The second kappa shape index (κ2) is 11.2. The number of fused-ring (bicyclic) bond motifs is 1. The van der Waals surface area contributed by atoms with Crippen LogP contribution in [-0.2, 0) is 4.74 Å². The molecule has 0 radical (unpaired) electrons. The number of ether oxygens (including phenoxy) is 2. The number of nitriles is 1. The van der Waals surface area contributed by atoms with Crippen LogP contribution in [0.3, 0.4) is 0 Å². The molecule has 5 heterocycles. The van der Waals surface area contributed by atoms with Crippen molar-refractivity contribution in [2.24, 2.45) is 0 Å². The van der Waals surface area contributed by atoms with Crippen LogP contribution in [0, 0.1) is 24.1 Å². The first-order valence-corrected chi connectivity index (χ1v) is 11.5. The Balaban J connectivity index is 0.00000320. The van der Waals surface area contributed by atoms with Crippen LogP contribution < -0.4 is 10.1 Å². The average molecular weight is 531 g/mol. The monoisotopic (exact) mass is 530 g/mol. The maximum atomic E-state index is 14.6. The van der Waals surface area contributed by atoms with Crippen LogP contribution in [0.1, 0.15) is 35.5 Å². The molecule has 1 aliphatic heterocycles. The Morgan fingerprint density at radius 2 is 2.16 bits per heavy atom. The van der Waals surface area contributed by atoms with E-state index in [0.29, 0.717) is 52.4 Å². The largest absolute Gasteiger partial charge is 0.488 e. The zero-order valence-corrected chi connectivity index (χ0v) is 21.0. The molecule has 1 unspecified atom stereocenters. The van der Waals surface area contributed by atoms with Crippen molar-refractivity contribution in [3.05, 3.63) is 59.6 Å². The predicted molar refractivity (Wildman–Crippen MR) is 132 cm³/mol. The van der Waals surface area contributed by atoms with Crippen molar-refractivity contribution < 1.29 is 18.3 Å². The molecule has 10 nitrogen and oxygen atoms in total. The molecule has 0 saturated carbocycles. The van der Waals surface area contributed by atoms with Crippen molar-refractivity contribution in [1.82, 2.24) is 34.9 Å². The van der Waals surface area contributed by atoms with E-state index in [0.717, 1.165) is 6.20 Å². The maximum Gasteiger partial charge on any atom is 0.147 e. The topological polar surface area (TPSA) is 115 Å². The zero-order valence-electron chi connectivity index (χ0n) is 20.1. The van der Waals surface area contributed by atoms with Gasteiger partial charge in [-0.25, -0.2) is 18.0 Å². The number of hydrogen-bond acceptors (Lipinski definition) is 8. The molecule has 1 N–H and O–H groups in total. The number of nitrogens with one attached hydrogen (secondary N) is 1. The normalized spacial score (nSPS) is 18.2. The van der Waals surface area contributed by atoms with Crippen molar-refractivity contribution in [3.8, 4) is 23.1 Å². The highest BCUT2D eigenvalue weighted by atomic mass is 35.5. The summed E-state index contributed by atoms with van der Waals surface area (Å²) in [4.78, 5) is 4.07. The summed E-state index contributed by atoms with van der Waals surface area (Å²) in [7, 11) is 1.51. The van der Waals surface area contributed by atoms with Gasteiger partial charge in [0.15, 0.2) is 0 Å². The summed E-state index contributed by atoms with van der Waals surface area (Å²) >= 11 is 0. The van der Waals surface area contributed by atoms with Gasteiger partial charge in [0.2, 0.25) is 0 Å². The Bertz CT molecular complexity index is 1420. The number of nitrogens with zero attached hydrogens (tertiary/aromatic N) is 7. The van der Waals surface area contributed by atoms with Gasteiger partial charge in [0.05, 0.1) is 29.8 Å². The van der Waals surface area contributed by atoms with Gasteiger partial charge in [0.1, 0.15) is 53.3 Å². The van der Waals surface area contributed by atoms with E-state index < -0.39 is 24.1 Å². The molecule has 0 spiro atoms. The quantitative estimate of drug-likeness (QED) is 0.387. The molecule has 1 aliphatic rings. The summed E-state index contributed by atoms with van der Waals surface area (Å²) in [5, 5.41) is 25.5. The van der Waals surface area contributed by atoms with Crippen molar-refractivity contribution in [3.63, 3.8) is 0 Å². The van der Waals surface area contributed by atoms with Gasteiger partial charge in [-0.2, -0.15) is 10.4 Å². The van der Waals surface area contributed by atoms with E-state index >= 15 is 0 Å². The number of methoxy groups -OCH3 is 1. The highest BCUT2D eigenvalue weighted by Gasteiger charge is 2.29. The second-order valence-corrected chi connectivity index (χ2v) is 8.54. The van der Waals surface area contributed by atoms with Gasteiger partial charge in [-0.15, -0.1) is 17.5 Å². The maximum absolute atomic E-state index is 14.6. The van der Waals surface area contributed by atoms with Crippen LogP contribution in [-0.4, -0.2) is 62.6 Å². The zero-order chi connectivity index (χ0) is 25.2. The van der Waals surface area contributed by atoms with Gasteiger partial charge < -0.3 is 14.8 Å². The van der Waals surface area contributed by atoms with Crippen molar-refractivity contribution in [2.45, 2.75) is 31.7 Å². The van der Waals surface area contributed by atoms with E-state index in [1.807, 2.05) is 6.92 Å². The van der Waals surface area contributed by atoms with Gasteiger partial charge in [-0.1, -0.05) is 5.21 Å². The highest BCUT2D eigenvalue weighted by Crippen LogP contribution is 2.33. The number of piperidine rings is 1. The van der Waals surface area contributed by atoms with E-state index in [4.69, 9.17) is 9.47 Å². The first-order chi connectivity index (χ1) is 17.5. The lowest BCUT2D eigenvalue weighted by Crippen LogP contribution is -2.39. The minimum Gasteiger partial charge on any atom is -0.488 e. The molecule has 0 aromatic carbocycles. The van der Waals surface area contributed by atoms with Crippen LogP contribution in [0.5, 0.6) is 5.75 Å². The van der Waals surface area contributed by atoms with Gasteiger partial charge in [0, 0.05) is 25.4 Å². The van der Waals surface area contributed by atoms with Crippen molar-refractivity contribution in [1.29, 1.82) is 5.26 Å². The predicted octanol–water partition coefficient (Wildman–Crippen LogP) is 3.37. The third-order valence-corrected chi connectivity index (χ3v) is 6.34. The van der Waals surface area contributed by atoms with E-state index in [9.17, 15) is 14.0 Å². The molecule has 5 rings (SSSR count). The number of pyridine rings is 2. The van der Waals surface area contributed by atoms with Crippen LogP contribution in [0.15, 0.2) is 36.8 Å². The fourth-order valence-corrected chi connectivity index (χ4v) is 4.43. The molecule has 1 fully saturated rings.